The first-order valence-corrected chi connectivity index (χ1v) is 11.7. The molecule has 7 nitrogen and oxygen atoms in total. The molecule has 1 saturated carbocycles. The largest absolute Gasteiger partial charge is 0.497 e. The normalized spacial score (nSPS) is 17.8. The highest BCUT2D eigenvalue weighted by Gasteiger charge is 2.23. The van der Waals surface area contributed by atoms with E-state index in [1.165, 1.54) is 30.0 Å². The van der Waals surface area contributed by atoms with Crippen LogP contribution >= 0.6 is 0 Å². The number of carbonyl (C=O) groups is 1. The van der Waals surface area contributed by atoms with Crippen molar-refractivity contribution in [1.82, 2.24) is 9.78 Å². The van der Waals surface area contributed by atoms with E-state index in [9.17, 15) is 14.0 Å². The molecule has 0 saturated heterocycles. The third kappa shape index (κ3) is 6.33. The summed E-state index contributed by atoms with van der Waals surface area (Å²) in [5.74, 6) is -0.419. The van der Waals surface area contributed by atoms with Crippen LogP contribution in [0.1, 0.15) is 25.7 Å². The van der Waals surface area contributed by atoms with Crippen LogP contribution in [0.2, 0.25) is 0 Å². The van der Waals surface area contributed by atoms with Crippen LogP contribution in [-0.2, 0) is 16.1 Å². The summed E-state index contributed by atoms with van der Waals surface area (Å²) in [5, 5.41) is 13.5. The van der Waals surface area contributed by atoms with E-state index in [1.54, 1.807) is 6.07 Å². The number of benzene rings is 2. The molecule has 1 heterocycles. The van der Waals surface area contributed by atoms with Gasteiger partial charge in [-0.25, -0.2) is 13.9 Å². The fourth-order valence-electron chi connectivity index (χ4n) is 4.62. The van der Waals surface area contributed by atoms with Crippen molar-refractivity contribution in [1.29, 1.82) is 0 Å². The van der Waals surface area contributed by atoms with Crippen LogP contribution in [0.3, 0.4) is 0 Å². The molecule has 1 fully saturated rings. The highest BCUT2D eigenvalue weighted by atomic mass is 19.1. The molecule has 0 amide bonds. The van der Waals surface area contributed by atoms with Gasteiger partial charge in [-0.2, -0.15) is 5.10 Å². The molecule has 184 valence electrons. The van der Waals surface area contributed by atoms with Crippen molar-refractivity contribution < 1.29 is 23.8 Å². The molecule has 3 aromatic rings. The Hall–Kier alpha value is -3.52. The summed E-state index contributed by atoms with van der Waals surface area (Å²) in [6.45, 7) is 0.667. The van der Waals surface area contributed by atoms with E-state index < -0.39 is 11.8 Å². The fraction of sp³-hybridized carbons (Fsp3) is 0.370. The third-order valence-electron chi connectivity index (χ3n) is 6.44. The number of nitrogens with zero attached hydrogens (tertiary/aromatic N) is 2. The van der Waals surface area contributed by atoms with Crippen molar-refractivity contribution in [2.75, 3.05) is 20.3 Å². The van der Waals surface area contributed by atoms with Gasteiger partial charge in [-0.05, 0) is 55.2 Å². The van der Waals surface area contributed by atoms with Crippen LogP contribution < -0.4 is 10.3 Å². The van der Waals surface area contributed by atoms with E-state index in [0.29, 0.717) is 47.6 Å². The molecular formula is C27H29FN2O5. The molecule has 0 aliphatic heterocycles. The first kappa shape index (κ1) is 24.6. The molecule has 1 aromatic heterocycles. The number of carboxylic acid groups (broad SMARTS) is 1. The smallest absolute Gasteiger partial charge is 0.329 e. The van der Waals surface area contributed by atoms with Crippen LogP contribution in [0.15, 0.2) is 59.4 Å². The first-order valence-electron chi connectivity index (χ1n) is 11.7. The maximum atomic E-state index is 14.3. The minimum atomic E-state index is -0.960. The quantitative estimate of drug-likeness (QED) is 0.480. The zero-order valence-corrected chi connectivity index (χ0v) is 19.7. The van der Waals surface area contributed by atoms with Crippen LogP contribution in [0.25, 0.3) is 22.4 Å². The summed E-state index contributed by atoms with van der Waals surface area (Å²) >= 11 is 0. The predicted molar refractivity (Wildman–Crippen MR) is 130 cm³/mol. The summed E-state index contributed by atoms with van der Waals surface area (Å²) in [6.07, 6.45) is 3.68. The minimum Gasteiger partial charge on any atom is -0.497 e. The van der Waals surface area contributed by atoms with Crippen molar-refractivity contribution in [2.24, 2.45) is 11.8 Å². The average molecular weight is 481 g/mol. The van der Waals surface area contributed by atoms with E-state index in [2.05, 4.69) is 0 Å². The molecule has 0 radical (unpaired) electrons. The Bertz CT molecular complexity index is 1220. The summed E-state index contributed by atoms with van der Waals surface area (Å²) in [4.78, 5) is 23.7. The minimum absolute atomic E-state index is 0.241. The summed E-state index contributed by atoms with van der Waals surface area (Å²) in [5.41, 5.74) is 2.27. The van der Waals surface area contributed by atoms with Crippen molar-refractivity contribution in [3.8, 4) is 28.1 Å². The zero-order valence-electron chi connectivity index (χ0n) is 19.7. The number of methoxy groups -OCH3 is 1. The molecule has 0 bridgehead atoms. The molecule has 0 atom stereocenters. The van der Waals surface area contributed by atoms with E-state index >= 15 is 0 Å². The Kier molecular flexibility index (Phi) is 7.92. The van der Waals surface area contributed by atoms with Gasteiger partial charge in [-0.15, -0.1) is 0 Å². The van der Waals surface area contributed by atoms with Gasteiger partial charge in [0.05, 0.1) is 19.4 Å². The van der Waals surface area contributed by atoms with Crippen molar-refractivity contribution in [2.45, 2.75) is 32.2 Å². The van der Waals surface area contributed by atoms with Crippen molar-refractivity contribution >= 4 is 5.97 Å². The maximum Gasteiger partial charge on any atom is 0.329 e. The Labute approximate surface area is 203 Å². The number of carboxylic acids is 1. The van der Waals surface area contributed by atoms with Gasteiger partial charge in [-0.1, -0.05) is 30.3 Å². The Balaban J connectivity index is 1.58. The van der Waals surface area contributed by atoms with E-state index in [1.807, 2.05) is 30.3 Å². The molecule has 8 heteroatoms. The maximum absolute atomic E-state index is 14.3. The topological polar surface area (TPSA) is 90.7 Å². The van der Waals surface area contributed by atoms with Gasteiger partial charge in [0.1, 0.15) is 18.2 Å². The lowest BCUT2D eigenvalue weighted by Crippen LogP contribution is -2.29. The molecule has 0 spiro atoms. The molecule has 1 N–H and O–H groups in total. The highest BCUT2D eigenvalue weighted by Crippen LogP contribution is 2.33. The molecule has 35 heavy (non-hydrogen) atoms. The number of rotatable bonds is 9. The number of hydrogen-bond acceptors (Lipinski definition) is 5. The standard InChI is InChI=1S/C27H29FN2O5/c1-34-23-12-21(11-22(28)13-23)24-14-25(31)30(29-27(24)20-5-3-2-4-6-20)15-18-7-9-19(10-8-18)16-35-17-26(32)33/h2-6,11-14,18-19H,7-10,15-17H2,1H3,(H,32,33)/t18-,19+. The Morgan fingerprint density at radius 2 is 1.77 bits per heavy atom. The van der Waals surface area contributed by atoms with E-state index in [4.69, 9.17) is 19.7 Å². The lowest BCUT2D eigenvalue weighted by atomic mass is 9.82. The second-order valence-electron chi connectivity index (χ2n) is 8.97. The van der Waals surface area contributed by atoms with E-state index in [0.717, 1.165) is 31.2 Å². The summed E-state index contributed by atoms with van der Waals surface area (Å²) in [6, 6.07) is 15.4. The number of aromatic nitrogens is 2. The predicted octanol–water partition coefficient (Wildman–Crippen LogP) is 4.63. The van der Waals surface area contributed by atoms with Gasteiger partial charge >= 0.3 is 5.97 Å². The van der Waals surface area contributed by atoms with Crippen LogP contribution in [-0.4, -0.2) is 41.2 Å². The van der Waals surface area contributed by atoms with Gasteiger partial charge in [-0.3, -0.25) is 4.79 Å². The van der Waals surface area contributed by atoms with Crippen LogP contribution in [0, 0.1) is 17.7 Å². The first-order chi connectivity index (χ1) is 16.9. The fourth-order valence-corrected chi connectivity index (χ4v) is 4.62. The molecule has 4 rings (SSSR count). The van der Waals surface area contributed by atoms with Gasteiger partial charge in [0, 0.05) is 29.8 Å². The third-order valence-corrected chi connectivity index (χ3v) is 6.44. The monoisotopic (exact) mass is 480 g/mol. The van der Waals surface area contributed by atoms with Crippen molar-refractivity contribution in [3.05, 3.63) is 70.8 Å². The Morgan fingerprint density at radius 1 is 1.06 bits per heavy atom. The van der Waals surface area contributed by atoms with Crippen LogP contribution in [0.4, 0.5) is 4.39 Å². The SMILES string of the molecule is COc1cc(F)cc(-c2cc(=O)n(C[C@H]3CC[C@@H](COCC(=O)O)CC3)nc2-c2ccccc2)c1. The van der Waals surface area contributed by atoms with Gasteiger partial charge in [0.2, 0.25) is 0 Å². The molecule has 2 aromatic carbocycles. The molecular weight excluding hydrogens is 451 g/mol. The number of hydrogen-bond donors (Lipinski definition) is 1. The lowest BCUT2D eigenvalue weighted by Gasteiger charge is -2.28. The van der Waals surface area contributed by atoms with Gasteiger partial charge < -0.3 is 14.6 Å². The van der Waals surface area contributed by atoms with Crippen LogP contribution in [0.5, 0.6) is 5.75 Å². The second-order valence-corrected chi connectivity index (χ2v) is 8.97. The van der Waals surface area contributed by atoms with Crippen molar-refractivity contribution in [3.63, 3.8) is 0 Å². The molecule has 1 aliphatic carbocycles. The Morgan fingerprint density at radius 3 is 2.46 bits per heavy atom. The summed E-state index contributed by atoms with van der Waals surface area (Å²) < 4.78 is 26.2. The molecule has 0 unspecified atom stereocenters. The highest BCUT2D eigenvalue weighted by molar-refractivity contribution is 5.80. The number of halogens is 1. The lowest BCUT2D eigenvalue weighted by molar-refractivity contribution is -0.142. The second kappa shape index (κ2) is 11.3. The average Bonchev–Trinajstić information content (AvgIpc) is 2.86. The van der Waals surface area contributed by atoms with Gasteiger partial charge in [0.15, 0.2) is 0 Å². The zero-order chi connectivity index (χ0) is 24.8. The summed E-state index contributed by atoms with van der Waals surface area (Å²) in [7, 11) is 1.47. The number of aliphatic carboxylic acids is 1. The van der Waals surface area contributed by atoms with E-state index in [-0.39, 0.29) is 12.2 Å². The molecule has 1 aliphatic rings. The number of ether oxygens (including phenoxy) is 2. The van der Waals surface area contributed by atoms with Gasteiger partial charge in [0.25, 0.3) is 5.56 Å².